The Balaban J connectivity index is 2.23. The van der Waals surface area contributed by atoms with Gasteiger partial charge in [-0.15, -0.1) is 0 Å². The largest absolute Gasteiger partial charge is 0.497 e. The third-order valence-corrected chi connectivity index (χ3v) is 3.32. The van der Waals surface area contributed by atoms with Gasteiger partial charge in [0.15, 0.2) is 0 Å². The maximum atomic E-state index is 12.0. The molecule has 126 valence electrons. The zero-order valence-corrected chi connectivity index (χ0v) is 13.3. The number of aromatic hydroxyl groups is 1. The third-order valence-electron chi connectivity index (χ3n) is 3.32. The Hall–Kier alpha value is -3.36. The molecule has 0 spiro atoms. The summed E-state index contributed by atoms with van der Waals surface area (Å²) in [7, 11) is 4.09. The molecule has 1 aromatic heterocycles. The van der Waals surface area contributed by atoms with Crippen molar-refractivity contribution in [3.05, 3.63) is 50.7 Å². The van der Waals surface area contributed by atoms with Gasteiger partial charge in [-0.25, -0.2) is 14.6 Å². The summed E-state index contributed by atoms with van der Waals surface area (Å²) in [6, 6.07) is 5.82. The van der Waals surface area contributed by atoms with Crippen molar-refractivity contribution in [1.29, 1.82) is 0 Å². The monoisotopic (exact) mass is 332 g/mol. The molecule has 2 amide bonds. The van der Waals surface area contributed by atoms with Crippen LogP contribution >= 0.6 is 0 Å². The normalized spacial score (nSPS) is 10.8. The molecule has 0 saturated carbocycles. The standard InChI is InChI=1S/C15H16N4O5/c1-18-12(20)11(13(21)19(2)15(18)23)8-16-14(22)17-9-4-6-10(24-3)7-5-9/h4-8,20H,1-3H3,(H,17,22). The lowest BCUT2D eigenvalue weighted by Crippen LogP contribution is -2.38. The van der Waals surface area contributed by atoms with Crippen molar-refractivity contribution in [3.8, 4) is 11.6 Å². The van der Waals surface area contributed by atoms with E-state index < -0.39 is 23.2 Å². The molecule has 0 aliphatic heterocycles. The molecule has 0 fully saturated rings. The predicted octanol–water partition coefficient (Wildman–Crippen LogP) is 0.449. The van der Waals surface area contributed by atoms with Gasteiger partial charge in [0, 0.05) is 19.8 Å². The molecule has 0 bridgehead atoms. The number of aromatic nitrogens is 2. The molecule has 2 rings (SSSR count). The lowest BCUT2D eigenvalue weighted by molar-refractivity contribution is 0.259. The van der Waals surface area contributed by atoms with Crippen molar-refractivity contribution in [3.63, 3.8) is 0 Å². The minimum Gasteiger partial charge on any atom is -0.497 e. The van der Waals surface area contributed by atoms with Crippen LogP contribution in [0.1, 0.15) is 5.56 Å². The molecule has 0 aliphatic carbocycles. The van der Waals surface area contributed by atoms with Gasteiger partial charge in [0.1, 0.15) is 11.3 Å². The van der Waals surface area contributed by atoms with Crippen molar-refractivity contribution in [1.82, 2.24) is 9.13 Å². The lowest BCUT2D eigenvalue weighted by Gasteiger charge is -2.07. The minimum absolute atomic E-state index is 0.260. The number of carbonyl (C=O) groups is 1. The summed E-state index contributed by atoms with van der Waals surface area (Å²) in [5.41, 5.74) is -1.21. The van der Waals surface area contributed by atoms with Crippen LogP contribution in [0.3, 0.4) is 0 Å². The number of hydrogen-bond acceptors (Lipinski definition) is 5. The molecule has 1 heterocycles. The number of aliphatic imine (C=N–C) groups is 1. The number of methoxy groups -OCH3 is 1. The number of carbonyl (C=O) groups excluding carboxylic acids is 1. The van der Waals surface area contributed by atoms with Gasteiger partial charge in [-0.2, -0.15) is 0 Å². The SMILES string of the molecule is COc1ccc(NC(=O)N=Cc2c(O)n(C)c(=O)n(C)c2=O)cc1. The molecule has 9 nitrogen and oxygen atoms in total. The number of nitrogens with zero attached hydrogens (tertiary/aromatic N) is 3. The molecule has 24 heavy (non-hydrogen) atoms. The maximum absolute atomic E-state index is 12.0. The Morgan fingerprint density at radius 1 is 1.21 bits per heavy atom. The fraction of sp³-hybridized carbons (Fsp3) is 0.200. The van der Waals surface area contributed by atoms with Gasteiger partial charge in [-0.05, 0) is 24.3 Å². The minimum atomic E-state index is -0.753. The molecular weight excluding hydrogens is 316 g/mol. The summed E-state index contributed by atoms with van der Waals surface area (Å²) in [5, 5.41) is 12.3. The van der Waals surface area contributed by atoms with Crippen LogP contribution in [-0.4, -0.2) is 33.6 Å². The van der Waals surface area contributed by atoms with Crippen molar-refractivity contribution in [2.24, 2.45) is 19.1 Å². The number of anilines is 1. The molecule has 0 aliphatic rings. The number of ether oxygens (including phenoxy) is 1. The van der Waals surface area contributed by atoms with E-state index in [1.54, 1.807) is 24.3 Å². The molecule has 1 aromatic carbocycles. The first kappa shape index (κ1) is 17.0. The predicted molar refractivity (Wildman–Crippen MR) is 88.2 cm³/mol. The van der Waals surface area contributed by atoms with Crippen LogP contribution in [0.5, 0.6) is 11.6 Å². The highest BCUT2D eigenvalue weighted by molar-refractivity contribution is 5.98. The lowest BCUT2D eigenvalue weighted by atomic mass is 10.3. The van der Waals surface area contributed by atoms with Gasteiger partial charge in [0.2, 0.25) is 5.88 Å². The van der Waals surface area contributed by atoms with E-state index in [9.17, 15) is 19.5 Å². The van der Waals surface area contributed by atoms with Gasteiger partial charge in [-0.3, -0.25) is 13.9 Å². The van der Waals surface area contributed by atoms with E-state index in [1.165, 1.54) is 21.2 Å². The zero-order chi connectivity index (χ0) is 17.9. The van der Waals surface area contributed by atoms with Gasteiger partial charge in [-0.1, -0.05) is 0 Å². The topological polar surface area (TPSA) is 115 Å². The number of hydrogen-bond donors (Lipinski definition) is 2. The quantitative estimate of drug-likeness (QED) is 0.792. The molecule has 0 atom stereocenters. The number of rotatable bonds is 3. The molecule has 0 saturated heterocycles. The van der Waals surface area contributed by atoms with Crippen LogP contribution in [0.25, 0.3) is 0 Å². The first-order valence-corrected chi connectivity index (χ1v) is 6.83. The zero-order valence-electron chi connectivity index (χ0n) is 13.3. The van der Waals surface area contributed by atoms with Crippen LogP contribution in [0.4, 0.5) is 10.5 Å². The maximum Gasteiger partial charge on any atom is 0.345 e. The smallest absolute Gasteiger partial charge is 0.345 e. The van der Waals surface area contributed by atoms with Crippen LogP contribution in [0.2, 0.25) is 0 Å². The summed E-state index contributed by atoms with van der Waals surface area (Å²) in [4.78, 5) is 39.0. The summed E-state index contributed by atoms with van der Waals surface area (Å²) >= 11 is 0. The second kappa shape index (κ2) is 6.82. The Morgan fingerprint density at radius 3 is 2.42 bits per heavy atom. The Bertz CT molecular complexity index is 909. The highest BCUT2D eigenvalue weighted by atomic mass is 16.5. The fourth-order valence-corrected chi connectivity index (χ4v) is 1.93. The number of amides is 2. The molecule has 0 radical (unpaired) electrons. The van der Waals surface area contributed by atoms with E-state index in [-0.39, 0.29) is 5.56 Å². The van der Waals surface area contributed by atoms with E-state index >= 15 is 0 Å². The average molecular weight is 332 g/mol. The second-order valence-electron chi connectivity index (χ2n) is 4.86. The van der Waals surface area contributed by atoms with Crippen LogP contribution < -0.4 is 21.3 Å². The average Bonchev–Trinajstić information content (AvgIpc) is 2.59. The Morgan fingerprint density at radius 2 is 1.83 bits per heavy atom. The number of benzene rings is 1. The van der Waals surface area contributed by atoms with Crippen LogP contribution in [0, 0.1) is 0 Å². The molecule has 0 unspecified atom stereocenters. The van der Waals surface area contributed by atoms with Crippen LogP contribution in [-0.2, 0) is 14.1 Å². The Kier molecular flexibility index (Phi) is 4.83. The van der Waals surface area contributed by atoms with Crippen molar-refractivity contribution in [2.45, 2.75) is 0 Å². The van der Waals surface area contributed by atoms with E-state index in [4.69, 9.17) is 4.74 Å². The molecule has 2 aromatic rings. The highest BCUT2D eigenvalue weighted by Crippen LogP contribution is 2.15. The van der Waals surface area contributed by atoms with Crippen LogP contribution in [0.15, 0.2) is 38.8 Å². The summed E-state index contributed by atoms with van der Waals surface area (Å²) in [6.07, 6.45) is 0.913. The molecule has 2 N–H and O–H groups in total. The van der Waals surface area contributed by atoms with Crippen molar-refractivity contribution >= 4 is 17.9 Å². The second-order valence-corrected chi connectivity index (χ2v) is 4.86. The molecule has 9 heteroatoms. The summed E-state index contributed by atoms with van der Waals surface area (Å²) in [6.45, 7) is 0. The van der Waals surface area contributed by atoms with E-state index in [1.807, 2.05) is 0 Å². The van der Waals surface area contributed by atoms with Gasteiger partial charge in [0.25, 0.3) is 5.56 Å². The number of urea groups is 1. The van der Waals surface area contributed by atoms with E-state index in [0.29, 0.717) is 11.4 Å². The Labute approximate surface area is 136 Å². The number of nitrogens with one attached hydrogen (secondary N) is 1. The first-order valence-electron chi connectivity index (χ1n) is 6.83. The van der Waals surface area contributed by atoms with Crippen molar-refractivity contribution in [2.75, 3.05) is 12.4 Å². The van der Waals surface area contributed by atoms with Gasteiger partial charge >= 0.3 is 11.7 Å². The van der Waals surface area contributed by atoms with E-state index in [0.717, 1.165) is 15.3 Å². The van der Waals surface area contributed by atoms with E-state index in [2.05, 4.69) is 10.3 Å². The summed E-state index contributed by atoms with van der Waals surface area (Å²) < 4.78 is 6.69. The van der Waals surface area contributed by atoms with Gasteiger partial charge < -0.3 is 15.2 Å². The third kappa shape index (κ3) is 3.35. The van der Waals surface area contributed by atoms with Crippen molar-refractivity contribution < 1.29 is 14.6 Å². The molecular formula is C15H16N4O5. The first-order chi connectivity index (χ1) is 11.3. The summed E-state index contributed by atoms with van der Waals surface area (Å²) in [5.74, 6) is 0.0687. The fourth-order valence-electron chi connectivity index (χ4n) is 1.93. The highest BCUT2D eigenvalue weighted by Gasteiger charge is 2.13. The van der Waals surface area contributed by atoms with Gasteiger partial charge in [0.05, 0.1) is 13.3 Å².